The number of hydrogen-bond acceptors (Lipinski definition) is 4. The number of nitrogens with zero attached hydrogens (tertiary/aromatic N) is 2. The van der Waals surface area contributed by atoms with Gasteiger partial charge < -0.3 is 4.90 Å². The molecule has 0 radical (unpaired) electrons. The van der Waals surface area contributed by atoms with Crippen molar-refractivity contribution < 1.29 is 9.59 Å². The molecule has 6 nitrogen and oxygen atoms in total. The molecule has 0 atom stereocenters. The third-order valence-corrected chi connectivity index (χ3v) is 2.87. The Morgan fingerprint density at radius 1 is 1.25 bits per heavy atom. The maximum Gasteiger partial charge on any atom is 0.243 e. The molecule has 1 fully saturated rings. The lowest BCUT2D eigenvalue weighted by atomic mass is 10.2. The van der Waals surface area contributed by atoms with Crippen molar-refractivity contribution in [2.45, 2.75) is 26.3 Å². The number of rotatable bonds is 3. The Morgan fingerprint density at radius 2 is 1.81 bits per heavy atom. The molecule has 1 heterocycles. The zero-order valence-corrected chi connectivity index (χ0v) is 9.90. The highest BCUT2D eigenvalue weighted by molar-refractivity contribution is 5.96. The Labute approximate surface area is 95.7 Å². The van der Waals surface area contributed by atoms with E-state index in [2.05, 4.69) is 18.7 Å². The van der Waals surface area contributed by atoms with E-state index in [0.29, 0.717) is 19.1 Å². The maximum absolute atomic E-state index is 11.6. The normalized spacial score (nSPS) is 17.6. The van der Waals surface area contributed by atoms with E-state index >= 15 is 0 Å². The van der Waals surface area contributed by atoms with Gasteiger partial charge in [-0.05, 0) is 13.8 Å². The van der Waals surface area contributed by atoms with Gasteiger partial charge in [-0.2, -0.15) is 0 Å². The van der Waals surface area contributed by atoms with Gasteiger partial charge in [0.1, 0.15) is 6.42 Å². The standard InChI is InChI=1S/C10H20N4O2/c1-8(2)13-3-5-14(6-4-13)10(16)7-9(15)12-11/h8H,3-7,11H2,1-2H3,(H,12,15). The maximum atomic E-state index is 11.6. The topological polar surface area (TPSA) is 78.7 Å². The summed E-state index contributed by atoms with van der Waals surface area (Å²) in [6.07, 6.45) is -0.155. The molecule has 3 N–H and O–H groups in total. The van der Waals surface area contributed by atoms with Gasteiger partial charge in [-0.15, -0.1) is 0 Å². The van der Waals surface area contributed by atoms with E-state index in [0.717, 1.165) is 13.1 Å². The smallest absolute Gasteiger partial charge is 0.243 e. The van der Waals surface area contributed by atoms with E-state index in [1.807, 2.05) is 5.43 Å². The first-order valence-corrected chi connectivity index (χ1v) is 5.56. The number of hydrazine groups is 1. The van der Waals surface area contributed by atoms with Crippen LogP contribution in [0, 0.1) is 0 Å². The van der Waals surface area contributed by atoms with Gasteiger partial charge >= 0.3 is 0 Å². The van der Waals surface area contributed by atoms with Gasteiger partial charge in [0.15, 0.2) is 0 Å². The van der Waals surface area contributed by atoms with Gasteiger partial charge in [-0.3, -0.25) is 19.9 Å². The van der Waals surface area contributed by atoms with Gasteiger partial charge in [0, 0.05) is 32.2 Å². The summed E-state index contributed by atoms with van der Waals surface area (Å²) >= 11 is 0. The first-order chi connectivity index (χ1) is 7.54. The molecule has 2 amide bonds. The van der Waals surface area contributed by atoms with Crippen molar-refractivity contribution in [3.63, 3.8) is 0 Å². The number of piperazine rings is 1. The Bertz CT molecular complexity index is 260. The first-order valence-electron chi connectivity index (χ1n) is 5.56. The molecule has 0 aliphatic carbocycles. The van der Waals surface area contributed by atoms with Crippen LogP contribution in [0.3, 0.4) is 0 Å². The van der Waals surface area contributed by atoms with Crippen molar-refractivity contribution in [2.24, 2.45) is 5.84 Å². The third-order valence-electron chi connectivity index (χ3n) is 2.87. The largest absolute Gasteiger partial charge is 0.340 e. The van der Waals surface area contributed by atoms with E-state index in [9.17, 15) is 9.59 Å². The van der Waals surface area contributed by atoms with Crippen LogP contribution in [-0.4, -0.2) is 53.8 Å². The van der Waals surface area contributed by atoms with E-state index in [-0.39, 0.29) is 12.3 Å². The highest BCUT2D eigenvalue weighted by Gasteiger charge is 2.23. The number of carbonyl (C=O) groups is 2. The van der Waals surface area contributed by atoms with Crippen molar-refractivity contribution >= 4 is 11.8 Å². The molecule has 1 rings (SSSR count). The molecule has 1 aliphatic heterocycles. The molecule has 0 unspecified atom stereocenters. The molecule has 16 heavy (non-hydrogen) atoms. The highest BCUT2D eigenvalue weighted by Crippen LogP contribution is 2.06. The molecule has 6 heteroatoms. The van der Waals surface area contributed by atoms with Crippen LogP contribution < -0.4 is 11.3 Å². The summed E-state index contributed by atoms with van der Waals surface area (Å²) in [7, 11) is 0. The summed E-state index contributed by atoms with van der Waals surface area (Å²) in [5.41, 5.74) is 1.97. The van der Waals surface area contributed by atoms with Crippen LogP contribution >= 0.6 is 0 Å². The summed E-state index contributed by atoms with van der Waals surface area (Å²) in [6, 6.07) is 0.504. The average Bonchev–Trinajstić information content (AvgIpc) is 2.28. The van der Waals surface area contributed by atoms with Crippen LogP contribution in [0.25, 0.3) is 0 Å². The molecule has 0 saturated carbocycles. The summed E-state index contributed by atoms with van der Waals surface area (Å²) in [4.78, 5) is 26.6. The highest BCUT2D eigenvalue weighted by atomic mass is 16.2. The van der Waals surface area contributed by atoms with E-state index in [1.165, 1.54) is 0 Å². The molecule has 1 saturated heterocycles. The van der Waals surface area contributed by atoms with Gasteiger partial charge in [-0.25, -0.2) is 5.84 Å². The van der Waals surface area contributed by atoms with E-state index in [1.54, 1.807) is 4.90 Å². The number of hydrogen-bond donors (Lipinski definition) is 2. The average molecular weight is 228 g/mol. The second kappa shape index (κ2) is 5.81. The number of amides is 2. The molecule has 92 valence electrons. The van der Waals surface area contributed by atoms with Gasteiger partial charge in [0.05, 0.1) is 0 Å². The molecule has 1 aliphatic rings. The number of carbonyl (C=O) groups excluding carboxylic acids is 2. The second-order valence-electron chi connectivity index (χ2n) is 4.25. The Balaban J connectivity index is 2.36. The van der Waals surface area contributed by atoms with E-state index in [4.69, 9.17) is 5.84 Å². The van der Waals surface area contributed by atoms with Crippen LogP contribution in [0.1, 0.15) is 20.3 Å². The monoisotopic (exact) mass is 228 g/mol. The van der Waals surface area contributed by atoms with Crippen LogP contribution in [-0.2, 0) is 9.59 Å². The predicted octanol–water partition coefficient (Wildman–Crippen LogP) is -1.08. The van der Waals surface area contributed by atoms with Gasteiger partial charge in [0.25, 0.3) is 0 Å². The summed E-state index contributed by atoms with van der Waals surface area (Å²) in [6.45, 7) is 7.39. The SMILES string of the molecule is CC(C)N1CCN(C(=O)CC(=O)NN)CC1. The van der Waals surface area contributed by atoms with Crippen molar-refractivity contribution in [1.82, 2.24) is 15.2 Å². The van der Waals surface area contributed by atoms with Crippen LogP contribution in [0.15, 0.2) is 0 Å². The molecule has 0 aromatic heterocycles. The summed E-state index contributed by atoms with van der Waals surface area (Å²) in [5, 5.41) is 0. The Morgan fingerprint density at radius 3 is 2.25 bits per heavy atom. The Hall–Kier alpha value is -1.14. The first kappa shape index (κ1) is 12.9. The number of nitrogens with two attached hydrogens (primary N) is 1. The van der Waals surface area contributed by atoms with E-state index < -0.39 is 5.91 Å². The minimum absolute atomic E-state index is 0.147. The van der Waals surface area contributed by atoms with Crippen molar-refractivity contribution in [3.05, 3.63) is 0 Å². The minimum atomic E-state index is -0.434. The number of nitrogens with one attached hydrogen (secondary N) is 1. The fraction of sp³-hybridized carbons (Fsp3) is 0.800. The predicted molar refractivity (Wildman–Crippen MR) is 60.2 cm³/mol. The van der Waals surface area contributed by atoms with Gasteiger partial charge in [0.2, 0.25) is 11.8 Å². The quantitative estimate of drug-likeness (QED) is 0.279. The lowest BCUT2D eigenvalue weighted by molar-refractivity contribution is -0.137. The molecule has 0 bridgehead atoms. The van der Waals surface area contributed by atoms with Crippen LogP contribution in [0.2, 0.25) is 0 Å². The van der Waals surface area contributed by atoms with Gasteiger partial charge in [-0.1, -0.05) is 0 Å². The van der Waals surface area contributed by atoms with Crippen molar-refractivity contribution in [3.8, 4) is 0 Å². The molecular formula is C10H20N4O2. The van der Waals surface area contributed by atoms with Crippen LogP contribution in [0.5, 0.6) is 0 Å². The lowest BCUT2D eigenvalue weighted by Gasteiger charge is -2.36. The zero-order valence-electron chi connectivity index (χ0n) is 9.90. The fourth-order valence-electron chi connectivity index (χ4n) is 1.79. The Kier molecular flexibility index (Phi) is 4.70. The molecular weight excluding hydrogens is 208 g/mol. The van der Waals surface area contributed by atoms with Crippen molar-refractivity contribution in [2.75, 3.05) is 26.2 Å². The van der Waals surface area contributed by atoms with Crippen molar-refractivity contribution in [1.29, 1.82) is 0 Å². The second-order valence-corrected chi connectivity index (χ2v) is 4.25. The van der Waals surface area contributed by atoms with Crippen LogP contribution in [0.4, 0.5) is 0 Å². The lowest BCUT2D eigenvalue weighted by Crippen LogP contribution is -2.51. The molecule has 0 spiro atoms. The molecule has 0 aromatic carbocycles. The fourth-order valence-corrected chi connectivity index (χ4v) is 1.79. The minimum Gasteiger partial charge on any atom is -0.340 e. The summed E-state index contributed by atoms with van der Waals surface area (Å²) in [5.74, 6) is 4.35. The molecule has 0 aromatic rings. The summed E-state index contributed by atoms with van der Waals surface area (Å²) < 4.78 is 0. The zero-order chi connectivity index (χ0) is 12.1. The third kappa shape index (κ3) is 3.46.